The van der Waals surface area contributed by atoms with Gasteiger partial charge in [-0.05, 0) is 53.6 Å². The Hall–Kier alpha value is -5.26. The third-order valence-electron chi connectivity index (χ3n) is 6.62. The van der Waals surface area contributed by atoms with Crippen LogP contribution in [0, 0.1) is 0 Å². The van der Waals surface area contributed by atoms with Crippen molar-refractivity contribution in [3.8, 4) is 33.8 Å². The van der Waals surface area contributed by atoms with Gasteiger partial charge in [0, 0.05) is 25.5 Å². The predicted octanol–water partition coefficient (Wildman–Crippen LogP) is 5.27. The van der Waals surface area contributed by atoms with E-state index in [9.17, 15) is 22.8 Å². The van der Waals surface area contributed by atoms with Crippen LogP contribution in [-0.4, -0.2) is 50.8 Å². The van der Waals surface area contributed by atoms with Crippen LogP contribution in [0.1, 0.15) is 28.2 Å². The van der Waals surface area contributed by atoms with Crippen LogP contribution < -0.4 is 5.32 Å². The first-order chi connectivity index (χ1) is 20.2. The second-order valence-electron chi connectivity index (χ2n) is 9.31. The van der Waals surface area contributed by atoms with Crippen molar-refractivity contribution >= 4 is 11.9 Å². The molecule has 2 heterocycles. The number of hydrogen-bond acceptors (Lipinski definition) is 6. The minimum Gasteiger partial charge on any atom is -0.464 e. The van der Waals surface area contributed by atoms with Gasteiger partial charge in [0.1, 0.15) is 0 Å². The Morgan fingerprint density at radius 1 is 0.881 bits per heavy atom. The van der Waals surface area contributed by atoms with Crippen molar-refractivity contribution < 1.29 is 27.5 Å². The summed E-state index contributed by atoms with van der Waals surface area (Å²) >= 11 is 0. The number of alkyl halides is 3. The summed E-state index contributed by atoms with van der Waals surface area (Å²) in [6, 6.07) is 21.6. The van der Waals surface area contributed by atoms with Gasteiger partial charge in [-0.25, -0.2) is 14.2 Å². The number of carbonyl (C=O) groups excluding carboxylic acids is 2. The predicted molar refractivity (Wildman–Crippen MR) is 148 cm³/mol. The zero-order valence-electron chi connectivity index (χ0n) is 22.6. The van der Waals surface area contributed by atoms with E-state index in [1.165, 1.54) is 30.1 Å². The lowest BCUT2D eigenvalue weighted by molar-refractivity contribution is -0.137. The number of benzene rings is 3. The molecule has 0 bridgehead atoms. The van der Waals surface area contributed by atoms with Gasteiger partial charge in [0.15, 0.2) is 5.69 Å². The maximum atomic E-state index is 13.0. The van der Waals surface area contributed by atoms with Gasteiger partial charge in [-0.2, -0.15) is 18.3 Å². The summed E-state index contributed by atoms with van der Waals surface area (Å²) in [4.78, 5) is 23.6. The monoisotopic (exact) mass is 574 g/mol. The van der Waals surface area contributed by atoms with Gasteiger partial charge in [0.25, 0.3) is 0 Å². The van der Waals surface area contributed by atoms with E-state index in [1.807, 2.05) is 42.5 Å². The third-order valence-corrected chi connectivity index (χ3v) is 6.62. The highest BCUT2D eigenvalue weighted by Crippen LogP contribution is 2.32. The van der Waals surface area contributed by atoms with Gasteiger partial charge in [-0.1, -0.05) is 41.6 Å². The number of nitrogens with one attached hydrogen (secondary N) is 1. The molecule has 214 valence electrons. The smallest absolute Gasteiger partial charge is 0.416 e. The zero-order chi connectivity index (χ0) is 29.9. The molecule has 5 aromatic rings. The van der Waals surface area contributed by atoms with E-state index in [-0.39, 0.29) is 18.0 Å². The topological polar surface area (TPSA) is 104 Å². The van der Waals surface area contributed by atoms with Gasteiger partial charge in [-0.3, -0.25) is 4.79 Å². The molecule has 0 aliphatic carbocycles. The summed E-state index contributed by atoms with van der Waals surface area (Å²) in [7, 11) is 2.85. The molecule has 0 aliphatic rings. The second-order valence-corrected chi connectivity index (χ2v) is 9.31. The number of halogens is 3. The Morgan fingerprint density at radius 3 is 2.07 bits per heavy atom. The molecule has 1 amide bonds. The molecule has 5 rings (SSSR count). The fourth-order valence-corrected chi connectivity index (χ4v) is 4.34. The van der Waals surface area contributed by atoms with Crippen LogP contribution in [0.2, 0.25) is 0 Å². The molecule has 0 fully saturated rings. The number of amides is 1. The quantitative estimate of drug-likeness (QED) is 0.253. The van der Waals surface area contributed by atoms with Gasteiger partial charge < -0.3 is 10.1 Å². The molecule has 1 N–H and O–H groups in total. The lowest BCUT2D eigenvalue weighted by atomic mass is 10.0. The molecule has 12 heteroatoms. The molecule has 9 nitrogen and oxygen atoms in total. The van der Waals surface area contributed by atoms with Crippen LogP contribution in [0.5, 0.6) is 0 Å². The molecule has 0 unspecified atom stereocenters. The SMILES string of the molecule is CNC(=O)CCc1cc(-c2ccc(-c3ccc(C(F)(F)F)cc3)cc2)n(-c2ccc(-n3cc(C(=O)OC)nn3)cc2)n1. The maximum Gasteiger partial charge on any atom is 0.416 e. The number of rotatable bonds is 8. The molecule has 0 aliphatic heterocycles. The molecule has 0 atom stereocenters. The highest BCUT2D eigenvalue weighted by Gasteiger charge is 2.30. The van der Waals surface area contributed by atoms with E-state index < -0.39 is 17.7 Å². The van der Waals surface area contributed by atoms with Crippen LogP contribution in [0.4, 0.5) is 13.2 Å². The first-order valence-corrected chi connectivity index (χ1v) is 12.9. The number of aromatic nitrogens is 5. The van der Waals surface area contributed by atoms with Crippen molar-refractivity contribution in [2.24, 2.45) is 0 Å². The van der Waals surface area contributed by atoms with Crippen molar-refractivity contribution in [3.63, 3.8) is 0 Å². The largest absolute Gasteiger partial charge is 0.464 e. The Morgan fingerprint density at radius 2 is 1.48 bits per heavy atom. The fourth-order valence-electron chi connectivity index (χ4n) is 4.34. The first-order valence-electron chi connectivity index (χ1n) is 12.9. The van der Waals surface area contributed by atoms with E-state index in [0.717, 1.165) is 34.6 Å². The van der Waals surface area contributed by atoms with E-state index in [2.05, 4.69) is 20.4 Å². The van der Waals surface area contributed by atoms with Crippen LogP contribution >= 0.6 is 0 Å². The summed E-state index contributed by atoms with van der Waals surface area (Å²) in [5.74, 6) is -0.691. The standard InChI is InChI=1S/C30H25F3N6O3/c1-34-28(40)16-11-23-17-27(21-5-3-19(4-6-21)20-7-9-22(10-8-20)30(31,32)33)39(36-23)25-14-12-24(13-15-25)38-18-26(35-37-38)29(41)42-2/h3-10,12-15,17-18H,11,16H2,1-2H3,(H,34,40). The molecule has 42 heavy (non-hydrogen) atoms. The Bertz CT molecular complexity index is 1710. The van der Waals surface area contributed by atoms with Gasteiger partial charge in [-0.15, -0.1) is 5.10 Å². The van der Waals surface area contributed by atoms with Crippen LogP contribution in [-0.2, 0) is 22.1 Å². The van der Waals surface area contributed by atoms with E-state index in [0.29, 0.717) is 23.4 Å². The maximum absolute atomic E-state index is 13.0. The highest BCUT2D eigenvalue weighted by atomic mass is 19.4. The van der Waals surface area contributed by atoms with Crippen LogP contribution in [0.3, 0.4) is 0 Å². The van der Waals surface area contributed by atoms with Gasteiger partial charge in [0.2, 0.25) is 5.91 Å². The number of aryl methyl sites for hydroxylation is 1. The van der Waals surface area contributed by atoms with E-state index in [1.54, 1.807) is 23.9 Å². The average molecular weight is 575 g/mol. The summed E-state index contributed by atoms with van der Waals surface area (Å²) < 4.78 is 46.8. The molecule has 0 saturated heterocycles. The van der Waals surface area contributed by atoms with Crippen LogP contribution in [0.15, 0.2) is 85.1 Å². The van der Waals surface area contributed by atoms with Crippen molar-refractivity contribution in [1.29, 1.82) is 0 Å². The minimum atomic E-state index is -4.39. The summed E-state index contributed by atoms with van der Waals surface area (Å²) in [5, 5.41) is 15.2. The fraction of sp³-hybridized carbons (Fsp3) is 0.167. The van der Waals surface area contributed by atoms with Crippen LogP contribution in [0.25, 0.3) is 33.8 Å². The van der Waals surface area contributed by atoms with Crippen molar-refractivity contribution in [3.05, 3.63) is 102 Å². The molecule has 2 aromatic heterocycles. The summed E-state index contributed by atoms with van der Waals surface area (Å²) in [5.41, 5.74) is 4.51. The second kappa shape index (κ2) is 11.7. The van der Waals surface area contributed by atoms with Crippen molar-refractivity contribution in [2.45, 2.75) is 19.0 Å². The van der Waals surface area contributed by atoms with E-state index in [4.69, 9.17) is 5.10 Å². The van der Waals surface area contributed by atoms with Crippen molar-refractivity contribution in [1.82, 2.24) is 30.1 Å². The molecule has 0 radical (unpaired) electrons. The average Bonchev–Trinajstić information content (AvgIpc) is 3.68. The van der Waals surface area contributed by atoms with Crippen molar-refractivity contribution in [2.75, 3.05) is 14.2 Å². The minimum absolute atomic E-state index is 0.0800. The van der Waals surface area contributed by atoms with Gasteiger partial charge >= 0.3 is 12.1 Å². The Labute approximate surface area is 238 Å². The Kier molecular flexibility index (Phi) is 7.87. The highest BCUT2D eigenvalue weighted by molar-refractivity contribution is 5.86. The normalized spacial score (nSPS) is 11.4. The number of esters is 1. The number of methoxy groups -OCH3 is 1. The molecule has 3 aromatic carbocycles. The molecule has 0 spiro atoms. The Balaban J connectivity index is 1.45. The lowest BCUT2D eigenvalue weighted by Gasteiger charge is -2.10. The first kappa shape index (κ1) is 28.3. The third kappa shape index (κ3) is 6.07. The molecule has 0 saturated carbocycles. The summed E-state index contributed by atoms with van der Waals surface area (Å²) in [6.07, 6.45) is -2.23. The van der Waals surface area contributed by atoms with E-state index >= 15 is 0 Å². The molecular formula is C30H25F3N6O3. The number of hydrogen-bond donors (Lipinski definition) is 1. The lowest BCUT2D eigenvalue weighted by Crippen LogP contribution is -2.18. The number of carbonyl (C=O) groups is 2. The number of ether oxygens (including phenoxy) is 1. The number of nitrogens with zero attached hydrogens (tertiary/aromatic N) is 5. The zero-order valence-corrected chi connectivity index (χ0v) is 22.6. The van der Waals surface area contributed by atoms with Gasteiger partial charge in [0.05, 0.1) is 41.6 Å². The molecular weight excluding hydrogens is 549 g/mol. The summed E-state index contributed by atoms with van der Waals surface area (Å²) in [6.45, 7) is 0.